The number of carbonyl (C=O) groups excluding carboxylic acids is 1. The van der Waals surface area contributed by atoms with Crippen molar-refractivity contribution in [2.45, 2.75) is 0 Å². The molecular weight excluding hydrogens is 447 g/mol. The fraction of sp³-hybridized carbons (Fsp3) is 0. The van der Waals surface area contributed by atoms with E-state index in [1.807, 2.05) is 30.3 Å². The summed E-state index contributed by atoms with van der Waals surface area (Å²) in [6.07, 6.45) is 1.60. The number of nitrogens with zero attached hydrogens (tertiary/aromatic N) is 1. The van der Waals surface area contributed by atoms with Gasteiger partial charge in [0.15, 0.2) is 0 Å². The van der Waals surface area contributed by atoms with Crippen molar-refractivity contribution in [2.75, 3.05) is 5.32 Å². The molecule has 0 aliphatic carbocycles. The Kier molecular flexibility index (Phi) is 6.06. The number of benzene rings is 3. The first-order valence-corrected chi connectivity index (χ1v) is 11.1. The number of halogens is 1. The number of pyridine rings is 1. The maximum atomic E-state index is 12.7. The van der Waals surface area contributed by atoms with E-state index in [9.17, 15) is 4.79 Å². The van der Waals surface area contributed by atoms with Crippen LogP contribution >= 0.6 is 11.6 Å². The molecule has 1 amide bonds. The summed E-state index contributed by atoms with van der Waals surface area (Å²) in [5, 5.41) is 3.54. The van der Waals surface area contributed by atoms with Crippen molar-refractivity contribution >= 4 is 47.1 Å². The van der Waals surface area contributed by atoms with E-state index >= 15 is 0 Å². The van der Waals surface area contributed by atoms with Gasteiger partial charge in [0, 0.05) is 0 Å². The Bertz CT molecular complexity index is 1130. The molecule has 142 valence electrons. The summed E-state index contributed by atoms with van der Waals surface area (Å²) in [5.74, 6) is -0.264. The van der Waals surface area contributed by atoms with Crippen LogP contribution in [0.15, 0.2) is 97.2 Å². The summed E-state index contributed by atoms with van der Waals surface area (Å²) < 4.78 is 2.53. The van der Waals surface area contributed by atoms with Crippen molar-refractivity contribution in [3.05, 3.63) is 108 Å². The van der Waals surface area contributed by atoms with Crippen molar-refractivity contribution in [1.82, 2.24) is 4.98 Å². The molecule has 0 saturated heterocycles. The van der Waals surface area contributed by atoms with Gasteiger partial charge in [-0.2, -0.15) is 0 Å². The third-order valence-electron chi connectivity index (χ3n) is 4.28. The van der Waals surface area contributed by atoms with E-state index in [0.717, 1.165) is 11.1 Å². The average molecular weight is 464 g/mol. The van der Waals surface area contributed by atoms with E-state index in [0.29, 0.717) is 16.4 Å². The number of hydrogen-bond acceptors (Lipinski definition) is 2. The van der Waals surface area contributed by atoms with Crippen LogP contribution in [0.1, 0.15) is 10.5 Å². The molecule has 1 aromatic heterocycles. The third-order valence-corrected chi connectivity index (χ3v) is 6.78. The van der Waals surface area contributed by atoms with E-state index < -0.39 is 0 Å². The Morgan fingerprint density at radius 2 is 1.59 bits per heavy atom. The van der Waals surface area contributed by atoms with Gasteiger partial charge in [0.05, 0.1) is 0 Å². The number of anilines is 1. The minimum absolute atomic E-state index is 0.139. The van der Waals surface area contributed by atoms with Gasteiger partial charge in [-0.05, 0) is 0 Å². The Morgan fingerprint density at radius 3 is 2.38 bits per heavy atom. The van der Waals surface area contributed by atoms with Crippen LogP contribution in [0.2, 0.25) is 5.02 Å². The Hall–Kier alpha value is -2.91. The Morgan fingerprint density at radius 1 is 0.828 bits per heavy atom. The van der Waals surface area contributed by atoms with Gasteiger partial charge >= 0.3 is 181 Å². The molecule has 5 heteroatoms. The first-order chi connectivity index (χ1) is 14.2. The molecule has 4 aromatic rings. The van der Waals surface area contributed by atoms with E-state index in [1.165, 1.54) is 8.92 Å². The molecule has 0 radical (unpaired) electrons. The van der Waals surface area contributed by atoms with Gasteiger partial charge in [0.25, 0.3) is 0 Å². The van der Waals surface area contributed by atoms with Gasteiger partial charge < -0.3 is 0 Å². The zero-order valence-corrected chi connectivity index (χ0v) is 17.8. The summed E-state index contributed by atoms with van der Waals surface area (Å²) in [7, 11) is 0. The fourth-order valence-corrected chi connectivity index (χ4v) is 5.16. The average Bonchev–Trinajstić information content (AvgIpc) is 2.76. The van der Waals surface area contributed by atoms with Crippen molar-refractivity contribution in [3.8, 4) is 11.1 Å². The second-order valence-corrected chi connectivity index (χ2v) is 9.05. The van der Waals surface area contributed by atoms with E-state index in [-0.39, 0.29) is 20.9 Å². The van der Waals surface area contributed by atoms with Gasteiger partial charge in [-0.15, -0.1) is 0 Å². The predicted molar refractivity (Wildman–Crippen MR) is 121 cm³/mol. The molecule has 0 spiro atoms. The molecule has 0 atom stereocenters. The van der Waals surface area contributed by atoms with Crippen LogP contribution in [0.4, 0.5) is 5.69 Å². The summed E-state index contributed by atoms with van der Waals surface area (Å²) in [6, 6.07) is 29.5. The zero-order chi connectivity index (χ0) is 20.1. The summed E-state index contributed by atoms with van der Waals surface area (Å²) in [5.41, 5.74) is 3.06. The molecule has 1 heterocycles. The van der Waals surface area contributed by atoms with Crippen molar-refractivity contribution < 1.29 is 4.79 Å². The first-order valence-electron chi connectivity index (χ1n) is 9.05. The summed E-state index contributed by atoms with van der Waals surface area (Å²) in [6.45, 7) is 0. The number of rotatable bonds is 5. The topological polar surface area (TPSA) is 42.0 Å². The van der Waals surface area contributed by atoms with Crippen LogP contribution in [0.3, 0.4) is 0 Å². The second-order valence-electron chi connectivity index (χ2n) is 6.27. The van der Waals surface area contributed by atoms with Crippen LogP contribution in [0.25, 0.3) is 11.1 Å². The molecule has 3 nitrogen and oxygen atoms in total. The van der Waals surface area contributed by atoms with Gasteiger partial charge in [0.2, 0.25) is 0 Å². The zero-order valence-electron chi connectivity index (χ0n) is 15.4. The van der Waals surface area contributed by atoms with Gasteiger partial charge in [-0.25, -0.2) is 0 Å². The monoisotopic (exact) mass is 464 g/mol. The fourth-order valence-electron chi connectivity index (χ4n) is 2.93. The SMILES string of the molecule is O=C(Nc1cc(Cl)ccc1-c1ccccc1[Se]c1ccccc1)c1ccccn1. The molecule has 29 heavy (non-hydrogen) atoms. The summed E-state index contributed by atoms with van der Waals surface area (Å²) >= 11 is 6.38. The van der Waals surface area contributed by atoms with Crippen LogP contribution in [-0.2, 0) is 0 Å². The maximum absolute atomic E-state index is 12.7. The van der Waals surface area contributed by atoms with Gasteiger partial charge in [-0.1, -0.05) is 0 Å². The van der Waals surface area contributed by atoms with Gasteiger partial charge in [0.1, 0.15) is 0 Å². The molecule has 0 aliphatic rings. The van der Waals surface area contributed by atoms with Crippen molar-refractivity contribution in [1.29, 1.82) is 0 Å². The van der Waals surface area contributed by atoms with E-state index in [4.69, 9.17) is 11.6 Å². The van der Waals surface area contributed by atoms with Crippen LogP contribution in [-0.4, -0.2) is 25.8 Å². The first kappa shape index (κ1) is 19.4. The standard InChI is InChI=1S/C24H17ClN2OSe/c25-17-13-14-19(22(16-17)27-24(28)21-11-6-7-15-26-21)20-10-4-5-12-23(20)29-18-8-2-1-3-9-18/h1-16H,(H,27,28). The van der Waals surface area contributed by atoms with Gasteiger partial charge in [-0.3, -0.25) is 0 Å². The molecule has 0 bridgehead atoms. The van der Waals surface area contributed by atoms with Crippen LogP contribution in [0, 0.1) is 0 Å². The normalized spacial score (nSPS) is 10.5. The quantitative estimate of drug-likeness (QED) is 0.448. The molecule has 4 rings (SSSR count). The van der Waals surface area contributed by atoms with Crippen molar-refractivity contribution in [3.63, 3.8) is 0 Å². The Labute approximate surface area is 180 Å². The predicted octanol–water partition coefficient (Wildman–Crippen LogP) is 4.31. The molecule has 3 aromatic carbocycles. The second kappa shape index (κ2) is 9.06. The van der Waals surface area contributed by atoms with E-state index in [2.05, 4.69) is 46.7 Å². The molecule has 1 N–H and O–H groups in total. The molecule has 0 fully saturated rings. The number of amides is 1. The molecule has 0 saturated carbocycles. The third kappa shape index (κ3) is 4.75. The van der Waals surface area contributed by atoms with Crippen molar-refractivity contribution in [2.24, 2.45) is 0 Å². The number of aromatic nitrogens is 1. The number of hydrogen-bond donors (Lipinski definition) is 1. The van der Waals surface area contributed by atoms with Crippen LogP contribution < -0.4 is 14.2 Å². The molecule has 0 aliphatic heterocycles. The Balaban J connectivity index is 1.72. The van der Waals surface area contributed by atoms with E-state index in [1.54, 1.807) is 30.5 Å². The molecule has 0 unspecified atom stereocenters. The number of nitrogens with one attached hydrogen (secondary N) is 1. The summed E-state index contributed by atoms with van der Waals surface area (Å²) in [4.78, 5) is 16.8. The van der Waals surface area contributed by atoms with Crippen LogP contribution in [0.5, 0.6) is 0 Å². The minimum atomic E-state index is -0.264. The molecular formula is C24H17ClN2OSe. The number of carbonyl (C=O) groups is 1.